The van der Waals surface area contributed by atoms with Crippen molar-refractivity contribution in [2.45, 2.75) is 52.0 Å². The van der Waals surface area contributed by atoms with Crippen LogP contribution in [-0.2, 0) is 11.3 Å². The summed E-state index contributed by atoms with van der Waals surface area (Å²) in [4.78, 5) is 26.0. The van der Waals surface area contributed by atoms with E-state index in [4.69, 9.17) is 0 Å². The Balaban J connectivity index is 1.58. The molecule has 2 fully saturated rings. The topological polar surface area (TPSA) is 49.4 Å². The van der Waals surface area contributed by atoms with Crippen LogP contribution in [0, 0.1) is 5.41 Å². The van der Waals surface area contributed by atoms with Gasteiger partial charge in [-0.25, -0.2) is 0 Å². The third-order valence-corrected chi connectivity index (χ3v) is 5.10. The number of carbonyl (C=O) groups is 2. The molecule has 3 rings (SSSR count). The molecule has 1 saturated heterocycles. The summed E-state index contributed by atoms with van der Waals surface area (Å²) in [6, 6.07) is 7.66. The summed E-state index contributed by atoms with van der Waals surface area (Å²) in [6.45, 7) is 4.42. The smallest absolute Gasteiger partial charge is 0.251 e. The Morgan fingerprint density at radius 2 is 2.17 bits per heavy atom. The van der Waals surface area contributed by atoms with E-state index >= 15 is 0 Å². The molecule has 1 N–H and O–H groups in total. The fourth-order valence-corrected chi connectivity index (χ4v) is 3.49. The number of nitrogens with one attached hydrogen (secondary N) is 1. The van der Waals surface area contributed by atoms with Crippen LogP contribution in [0.2, 0.25) is 0 Å². The zero-order chi connectivity index (χ0) is 16.3. The SMILES string of the molecule is CCCC1(CNC(=O)c2cccc(CN3CCCC3=O)c2)CC1. The molecule has 1 saturated carbocycles. The van der Waals surface area contributed by atoms with E-state index in [2.05, 4.69) is 12.2 Å². The van der Waals surface area contributed by atoms with Crippen LogP contribution < -0.4 is 5.32 Å². The molecule has 1 aliphatic carbocycles. The number of rotatable bonds is 7. The van der Waals surface area contributed by atoms with Crippen molar-refractivity contribution in [3.8, 4) is 0 Å². The van der Waals surface area contributed by atoms with Gasteiger partial charge in [0.05, 0.1) is 0 Å². The van der Waals surface area contributed by atoms with Crippen molar-refractivity contribution in [2.75, 3.05) is 13.1 Å². The van der Waals surface area contributed by atoms with E-state index in [1.165, 1.54) is 25.7 Å². The molecule has 0 aromatic heterocycles. The Morgan fingerprint density at radius 3 is 2.83 bits per heavy atom. The Labute approximate surface area is 138 Å². The van der Waals surface area contributed by atoms with Crippen LogP contribution in [0.25, 0.3) is 0 Å². The number of likely N-dealkylation sites (tertiary alicyclic amines) is 1. The van der Waals surface area contributed by atoms with Crippen molar-refractivity contribution in [1.82, 2.24) is 10.2 Å². The van der Waals surface area contributed by atoms with Gasteiger partial charge in [-0.2, -0.15) is 0 Å². The number of nitrogens with zero attached hydrogens (tertiary/aromatic N) is 1. The molecular weight excluding hydrogens is 288 g/mol. The molecule has 0 bridgehead atoms. The molecule has 1 aliphatic heterocycles. The minimum atomic E-state index is 0.00183. The van der Waals surface area contributed by atoms with Crippen molar-refractivity contribution < 1.29 is 9.59 Å². The van der Waals surface area contributed by atoms with Crippen LogP contribution in [0.15, 0.2) is 24.3 Å². The zero-order valence-electron chi connectivity index (χ0n) is 13.9. The maximum absolute atomic E-state index is 12.4. The van der Waals surface area contributed by atoms with E-state index < -0.39 is 0 Å². The number of hydrogen-bond acceptors (Lipinski definition) is 2. The van der Waals surface area contributed by atoms with E-state index in [1.807, 2.05) is 29.2 Å². The number of hydrogen-bond donors (Lipinski definition) is 1. The van der Waals surface area contributed by atoms with Crippen LogP contribution in [0.5, 0.6) is 0 Å². The lowest BCUT2D eigenvalue weighted by atomic mass is 10.0. The van der Waals surface area contributed by atoms with Crippen molar-refractivity contribution in [1.29, 1.82) is 0 Å². The van der Waals surface area contributed by atoms with Gasteiger partial charge in [0.25, 0.3) is 5.91 Å². The second-order valence-corrected chi connectivity index (χ2v) is 7.05. The molecule has 2 aliphatic rings. The minimum absolute atomic E-state index is 0.00183. The Bertz CT molecular complexity index is 593. The third kappa shape index (κ3) is 3.92. The molecule has 1 heterocycles. The molecule has 124 valence electrons. The van der Waals surface area contributed by atoms with E-state index in [-0.39, 0.29) is 11.8 Å². The highest BCUT2D eigenvalue weighted by molar-refractivity contribution is 5.94. The Morgan fingerprint density at radius 1 is 1.35 bits per heavy atom. The molecule has 1 aromatic rings. The quantitative estimate of drug-likeness (QED) is 0.840. The highest BCUT2D eigenvalue weighted by atomic mass is 16.2. The highest BCUT2D eigenvalue weighted by Crippen LogP contribution is 2.48. The lowest BCUT2D eigenvalue weighted by Crippen LogP contribution is -2.30. The summed E-state index contributed by atoms with van der Waals surface area (Å²) in [5.74, 6) is 0.220. The van der Waals surface area contributed by atoms with Gasteiger partial charge < -0.3 is 10.2 Å². The molecule has 1 aromatic carbocycles. The van der Waals surface area contributed by atoms with Gasteiger partial charge in [0.1, 0.15) is 0 Å². The van der Waals surface area contributed by atoms with Gasteiger partial charge in [-0.05, 0) is 48.8 Å². The summed E-state index contributed by atoms with van der Waals surface area (Å²) in [6.07, 6.45) is 6.44. The molecule has 0 unspecified atom stereocenters. The molecule has 0 radical (unpaired) electrons. The largest absolute Gasteiger partial charge is 0.351 e. The third-order valence-electron chi connectivity index (χ3n) is 5.10. The number of amides is 2. The summed E-state index contributed by atoms with van der Waals surface area (Å²) in [5, 5.41) is 3.10. The van der Waals surface area contributed by atoms with E-state index in [1.54, 1.807) is 0 Å². The van der Waals surface area contributed by atoms with Crippen molar-refractivity contribution in [3.05, 3.63) is 35.4 Å². The van der Waals surface area contributed by atoms with Gasteiger partial charge >= 0.3 is 0 Å². The molecule has 4 nitrogen and oxygen atoms in total. The predicted octanol–water partition coefficient (Wildman–Crippen LogP) is 3.12. The monoisotopic (exact) mass is 314 g/mol. The summed E-state index contributed by atoms with van der Waals surface area (Å²) in [5.41, 5.74) is 2.09. The van der Waals surface area contributed by atoms with Crippen molar-refractivity contribution >= 4 is 11.8 Å². The fraction of sp³-hybridized carbons (Fsp3) is 0.579. The average molecular weight is 314 g/mol. The molecule has 23 heavy (non-hydrogen) atoms. The lowest BCUT2D eigenvalue weighted by molar-refractivity contribution is -0.128. The van der Waals surface area contributed by atoms with Crippen LogP contribution in [-0.4, -0.2) is 29.8 Å². The van der Waals surface area contributed by atoms with Gasteiger partial charge in [0.15, 0.2) is 0 Å². The summed E-state index contributed by atoms with van der Waals surface area (Å²) in [7, 11) is 0. The van der Waals surface area contributed by atoms with Gasteiger partial charge in [-0.1, -0.05) is 25.5 Å². The normalized spacial score (nSPS) is 19.0. The second kappa shape index (κ2) is 6.73. The highest BCUT2D eigenvalue weighted by Gasteiger charge is 2.41. The molecule has 2 amide bonds. The maximum atomic E-state index is 12.4. The first-order valence-electron chi connectivity index (χ1n) is 8.77. The maximum Gasteiger partial charge on any atom is 0.251 e. The number of benzene rings is 1. The average Bonchev–Trinajstić information content (AvgIpc) is 3.21. The Hall–Kier alpha value is -1.84. The molecule has 4 heteroatoms. The molecule has 0 atom stereocenters. The fourth-order valence-electron chi connectivity index (χ4n) is 3.49. The van der Waals surface area contributed by atoms with Crippen LogP contribution >= 0.6 is 0 Å². The summed E-state index contributed by atoms with van der Waals surface area (Å²) >= 11 is 0. The first-order chi connectivity index (χ1) is 11.1. The van der Waals surface area contributed by atoms with Crippen LogP contribution in [0.1, 0.15) is 61.4 Å². The predicted molar refractivity (Wildman–Crippen MR) is 90.0 cm³/mol. The van der Waals surface area contributed by atoms with E-state index in [9.17, 15) is 9.59 Å². The van der Waals surface area contributed by atoms with Gasteiger partial charge in [0.2, 0.25) is 5.91 Å². The van der Waals surface area contributed by atoms with Crippen molar-refractivity contribution in [3.63, 3.8) is 0 Å². The standard InChI is InChI=1S/C19H26N2O2/c1-2-8-19(9-10-19)14-20-18(23)16-6-3-5-15(12-16)13-21-11-4-7-17(21)22/h3,5-6,12H,2,4,7-11,13-14H2,1H3,(H,20,23). The van der Waals surface area contributed by atoms with E-state index in [0.717, 1.165) is 25.1 Å². The number of carbonyl (C=O) groups excluding carboxylic acids is 2. The molecule has 0 spiro atoms. The van der Waals surface area contributed by atoms with Gasteiger partial charge in [-0.3, -0.25) is 9.59 Å². The van der Waals surface area contributed by atoms with Crippen molar-refractivity contribution in [2.24, 2.45) is 5.41 Å². The Kier molecular flexibility index (Phi) is 4.69. The first kappa shape index (κ1) is 16.0. The second-order valence-electron chi connectivity index (χ2n) is 7.05. The first-order valence-corrected chi connectivity index (χ1v) is 8.77. The van der Waals surface area contributed by atoms with Gasteiger partial charge in [0, 0.05) is 31.6 Å². The van der Waals surface area contributed by atoms with Crippen LogP contribution in [0.4, 0.5) is 0 Å². The lowest BCUT2D eigenvalue weighted by Gasteiger charge is -2.17. The molecular formula is C19H26N2O2. The van der Waals surface area contributed by atoms with E-state index in [0.29, 0.717) is 23.9 Å². The summed E-state index contributed by atoms with van der Waals surface area (Å²) < 4.78 is 0. The van der Waals surface area contributed by atoms with Crippen LogP contribution in [0.3, 0.4) is 0 Å². The van der Waals surface area contributed by atoms with Gasteiger partial charge in [-0.15, -0.1) is 0 Å². The zero-order valence-corrected chi connectivity index (χ0v) is 13.9. The minimum Gasteiger partial charge on any atom is -0.351 e.